The zero-order valence-corrected chi connectivity index (χ0v) is 13.1. The van der Waals surface area contributed by atoms with Crippen LogP contribution < -0.4 is 15.4 Å². The van der Waals surface area contributed by atoms with Gasteiger partial charge < -0.3 is 19.8 Å². The Hall–Kier alpha value is -2.97. The summed E-state index contributed by atoms with van der Waals surface area (Å²) < 4.78 is 45.0. The van der Waals surface area contributed by atoms with Crippen LogP contribution in [-0.4, -0.2) is 24.2 Å². The number of anilines is 1. The van der Waals surface area contributed by atoms with Crippen LogP contribution in [0.5, 0.6) is 5.75 Å². The van der Waals surface area contributed by atoms with Gasteiger partial charge in [-0.05, 0) is 43.3 Å². The van der Waals surface area contributed by atoms with Gasteiger partial charge in [0.15, 0.2) is 0 Å². The molecule has 2 rings (SSSR count). The first kappa shape index (κ1) is 18.4. The number of nitrogens with one attached hydrogen (secondary N) is 2. The van der Waals surface area contributed by atoms with E-state index < -0.39 is 23.9 Å². The normalized spacial score (nSPS) is 12.3. The van der Waals surface area contributed by atoms with Crippen LogP contribution in [0.2, 0.25) is 0 Å². The zero-order chi connectivity index (χ0) is 18.4. The molecule has 0 radical (unpaired) electrons. The number of rotatable bonds is 5. The van der Waals surface area contributed by atoms with Crippen LogP contribution >= 0.6 is 0 Å². The van der Waals surface area contributed by atoms with E-state index in [9.17, 15) is 22.8 Å². The quantitative estimate of drug-likeness (QED) is 0.808. The second-order valence-corrected chi connectivity index (χ2v) is 5.18. The second-order valence-electron chi connectivity index (χ2n) is 5.18. The van der Waals surface area contributed by atoms with Gasteiger partial charge in [-0.25, -0.2) is 0 Å². The summed E-state index contributed by atoms with van der Waals surface area (Å²) in [5, 5.41) is 4.78. The fourth-order valence-electron chi connectivity index (χ4n) is 2.00. The lowest BCUT2D eigenvalue weighted by Crippen LogP contribution is -2.41. The van der Waals surface area contributed by atoms with E-state index in [1.54, 1.807) is 19.1 Å². The van der Waals surface area contributed by atoms with Crippen molar-refractivity contribution in [2.24, 2.45) is 0 Å². The Kier molecular flexibility index (Phi) is 5.68. The highest BCUT2D eigenvalue weighted by Crippen LogP contribution is 2.23. The molecule has 0 aliphatic rings. The van der Waals surface area contributed by atoms with Gasteiger partial charge in [0.05, 0.1) is 6.26 Å². The second kappa shape index (κ2) is 7.73. The van der Waals surface area contributed by atoms with Crippen LogP contribution in [-0.2, 0) is 16.0 Å². The Labute approximate surface area is 141 Å². The molecule has 25 heavy (non-hydrogen) atoms. The standard InChI is InChI=1S/C16H15F3N2O4/c1-10(9-13-3-2-8-24-13)20-14(22)15(23)21-11-4-6-12(7-5-11)25-16(17,18)19/h2-8,10H,9H2,1H3,(H,20,22)(H,21,23)/t10-/m1/s1. The molecule has 0 saturated carbocycles. The molecular formula is C16H15F3N2O4. The number of benzene rings is 1. The molecule has 0 spiro atoms. The molecule has 1 atom stereocenters. The molecule has 0 fully saturated rings. The van der Waals surface area contributed by atoms with Crippen LogP contribution in [0.15, 0.2) is 47.1 Å². The number of ether oxygens (including phenoxy) is 1. The molecule has 2 amide bonds. The lowest BCUT2D eigenvalue weighted by atomic mass is 10.2. The van der Waals surface area contributed by atoms with Gasteiger partial charge in [0.2, 0.25) is 0 Å². The zero-order valence-electron chi connectivity index (χ0n) is 13.1. The van der Waals surface area contributed by atoms with Crippen LogP contribution in [0.1, 0.15) is 12.7 Å². The fourth-order valence-corrected chi connectivity index (χ4v) is 2.00. The molecular weight excluding hydrogens is 341 g/mol. The van der Waals surface area contributed by atoms with Crippen molar-refractivity contribution in [1.82, 2.24) is 5.32 Å². The maximum absolute atomic E-state index is 12.1. The fraction of sp³-hybridized carbons (Fsp3) is 0.250. The van der Waals surface area contributed by atoms with Crippen molar-refractivity contribution in [3.63, 3.8) is 0 Å². The van der Waals surface area contributed by atoms with E-state index in [0.29, 0.717) is 12.2 Å². The molecule has 0 unspecified atom stereocenters. The van der Waals surface area contributed by atoms with Gasteiger partial charge in [-0.2, -0.15) is 0 Å². The number of hydrogen-bond acceptors (Lipinski definition) is 4. The number of amides is 2. The van der Waals surface area contributed by atoms with Gasteiger partial charge in [-0.15, -0.1) is 13.2 Å². The Morgan fingerprint density at radius 2 is 1.84 bits per heavy atom. The lowest BCUT2D eigenvalue weighted by molar-refractivity contribution is -0.274. The third kappa shape index (κ3) is 6.21. The highest BCUT2D eigenvalue weighted by atomic mass is 19.4. The molecule has 0 aliphatic carbocycles. The van der Waals surface area contributed by atoms with E-state index in [1.807, 2.05) is 0 Å². The number of hydrogen-bond donors (Lipinski definition) is 2. The van der Waals surface area contributed by atoms with E-state index in [2.05, 4.69) is 15.4 Å². The Balaban J connectivity index is 1.85. The molecule has 6 nitrogen and oxygen atoms in total. The third-order valence-corrected chi connectivity index (χ3v) is 3.02. The molecule has 134 valence electrons. The van der Waals surface area contributed by atoms with E-state index in [-0.39, 0.29) is 11.7 Å². The third-order valence-electron chi connectivity index (χ3n) is 3.02. The van der Waals surface area contributed by atoms with Crippen molar-refractivity contribution in [3.8, 4) is 5.75 Å². The highest BCUT2D eigenvalue weighted by Gasteiger charge is 2.31. The number of alkyl halides is 3. The first-order chi connectivity index (χ1) is 11.7. The average molecular weight is 356 g/mol. The van der Waals surface area contributed by atoms with E-state index >= 15 is 0 Å². The minimum Gasteiger partial charge on any atom is -0.469 e. The van der Waals surface area contributed by atoms with Crippen LogP contribution in [0, 0.1) is 0 Å². The molecule has 0 bridgehead atoms. The largest absolute Gasteiger partial charge is 0.573 e. The predicted molar refractivity (Wildman–Crippen MR) is 81.8 cm³/mol. The van der Waals surface area contributed by atoms with E-state index in [0.717, 1.165) is 12.1 Å². The van der Waals surface area contributed by atoms with Gasteiger partial charge in [0.1, 0.15) is 11.5 Å². The van der Waals surface area contributed by atoms with Crippen LogP contribution in [0.4, 0.5) is 18.9 Å². The summed E-state index contributed by atoms with van der Waals surface area (Å²) in [5.74, 6) is -1.57. The average Bonchev–Trinajstić information content (AvgIpc) is 3.00. The number of carbonyl (C=O) groups is 2. The van der Waals surface area contributed by atoms with Gasteiger partial charge in [0.25, 0.3) is 0 Å². The minimum absolute atomic E-state index is 0.161. The molecule has 9 heteroatoms. The summed E-state index contributed by atoms with van der Waals surface area (Å²) in [7, 11) is 0. The number of carbonyl (C=O) groups excluding carboxylic acids is 2. The maximum Gasteiger partial charge on any atom is 0.573 e. The smallest absolute Gasteiger partial charge is 0.469 e. The number of furan rings is 1. The van der Waals surface area contributed by atoms with Crippen molar-refractivity contribution in [3.05, 3.63) is 48.4 Å². The molecule has 1 aromatic heterocycles. The summed E-state index contributed by atoms with van der Waals surface area (Å²) in [5.41, 5.74) is 0.161. The Morgan fingerprint density at radius 3 is 2.40 bits per heavy atom. The van der Waals surface area contributed by atoms with E-state index in [4.69, 9.17) is 4.42 Å². The maximum atomic E-state index is 12.1. The van der Waals surface area contributed by atoms with Gasteiger partial charge in [-0.3, -0.25) is 9.59 Å². The minimum atomic E-state index is -4.80. The first-order valence-electron chi connectivity index (χ1n) is 7.23. The molecule has 1 aromatic carbocycles. The monoisotopic (exact) mass is 356 g/mol. The summed E-state index contributed by atoms with van der Waals surface area (Å²) >= 11 is 0. The SMILES string of the molecule is C[C@H](Cc1ccco1)NC(=O)C(=O)Nc1ccc(OC(F)(F)F)cc1. The number of halogens is 3. The Bertz CT molecular complexity index is 712. The van der Waals surface area contributed by atoms with Crippen molar-refractivity contribution in [2.45, 2.75) is 25.7 Å². The lowest BCUT2D eigenvalue weighted by Gasteiger charge is -2.13. The first-order valence-corrected chi connectivity index (χ1v) is 7.23. The summed E-state index contributed by atoms with van der Waals surface area (Å²) in [6.45, 7) is 1.71. The van der Waals surface area contributed by atoms with Gasteiger partial charge >= 0.3 is 18.2 Å². The topological polar surface area (TPSA) is 80.6 Å². The van der Waals surface area contributed by atoms with Crippen molar-refractivity contribution < 1.29 is 31.9 Å². The molecule has 2 N–H and O–H groups in total. The van der Waals surface area contributed by atoms with Gasteiger partial charge in [0, 0.05) is 18.2 Å². The van der Waals surface area contributed by atoms with Crippen molar-refractivity contribution >= 4 is 17.5 Å². The van der Waals surface area contributed by atoms with E-state index in [1.165, 1.54) is 18.4 Å². The predicted octanol–water partition coefficient (Wildman–Crippen LogP) is 2.86. The highest BCUT2D eigenvalue weighted by molar-refractivity contribution is 6.39. The summed E-state index contributed by atoms with van der Waals surface area (Å²) in [6.07, 6.45) is -2.88. The molecule has 1 heterocycles. The molecule has 2 aromatic rings. The summed E-state index contributed by atoms with van der Waals surface area (Å²) in [6, 6.07) is 7.56. The summed E-state index contributed by atoms with van der Waals surface area (Å²) in [4.78, 5) is 23.6. The van der Waals surface area contributed by atoms with Crippen LogP contribution in [0.25, 0.3) is 0 Å². The molecule has 0 saturated heterocycles. The van der Waals surface area contributed by atoms with Crippen molar-refractivity contribution in [1.29, 1.82) is 0 Å². The Morgan fingerprint density at radius 1 is 1.16 bits per heavy atom. The molecule has 0 aliphatic heterocycles. The van der Waals surface area contributed by atoms with Gasteiger partial charge in [-0.1, -0.05) is 0 Å². The van der Waals surface area contributed by atoms with Crippen molar-refractivity contribution in [2.75, 3.05) is 5.32 Å². The van der Waals surface area contributed by atoms with Crippen LogP contribution in [0.3, 0.4) is 0 Å².